The summed E-state index contributed by atoms with van der Waals surface area (Å²) in [6.45, 7) is 0. The number of rotatable bonds is 2. The number of benzene rings is 1. The van der Waals surface area contributed by atoms with E-state index in [1.807, 2.05) is 28.8 Å². The average molecular weight is 248 g/mol. The van der Waals surface area contributed by atoms with Crippen molar-refractivity contribution in [2.24, 2.45) is 5.84 Å². The maximum Gasteiger partial charge on any atom is 0.123 e. The molecular weight excluding hydrogens is 237 g/mol. The fourth-order valence-corrected chi connectivity index (χ4v) is 1.06. The summed E-state index contributed by atoms with van der Waals surface area (Å²) in [6, 6.07) is 7.63. The molecule has 0 aliphatic rings. The van der Waals surface area contributed by atoms with Crippen LogP contribution in [0.5, 0.6) is 0 Å². The van der Waals surface area contributed by atoms with Crippen molar-refractivity contribution in [1.82, 2.24) is 14.8 Å². The van der Waals surface area contributed by atoms with Gasteiger partial charge in [0.25, 0.3) is 0 Å². The molecule has 2 aromatic rings. The summed E-state index contributed by atoms with van der Waals surface area (Å²) in [5.74, 6) is 5.24. The van der Waals surface area contributed by atoms with Crippen LogP contribution >= 0.6 is 24.8 Å². The van der Waals surface area contributed by atoms with Crippen molar-refractivity contribution in [2.75, 3.05) is 5.43 Å². The first-order chi connectivity index (χ1) is 6.40. The molecule has 7 heteroatoms. The number of nitrogens with zero attached hydrogens (tertiary/aromatic N) is 3. The van der Waals surface area contributed by atoms with Gasteiger partial charge in [0.2, 0.25) is 0 Å². The van der Waals surface area contributed by atoms with Gasteiger partial charge in [-0.3, -0.25) is 10.4 Å². The van der Waals surface area contributed by atoms with Crippen LogP contribution in [-0.4, -0.2) is 14.8 Å². The van der Waals surface area contributed by atoms with Gasteiger partial charge in [-0.25, -0.2) is 0 Å². The van der Waals surface area contributed by atoms with E-state index < -0.39 is 0 Å². The Morgan fingerprint density at radius 2 is 1.53 bits per heavy atom. The zero-order chi connectivity index (χ0) is 9.10. The quantitative estimate of drug-likeness (QED) is 0.622. The van der Waals surface area contributed by atoms with Gasteiger partial charge in [-0.2, -0.15) is 0 Å². The SMILES string of the molecule is Cl.Cl.NNc1ccc(-n2cnnc2)cc1. The Bertz CT molecular complexity index is 372. The normalized spacial score (nSPS) is 8.60. The standard InChI is InChI=1S/C8H9N5.2ClH/c9-12-7-1-3-8(4-2-7)13-5-10-11-6-13;;/h1-6,12H,9H2;2*1H. The lowest BCUT2D eigenvalue weighted by Crippen LogP contribution is -2.06. The third-order valence-corrected chi connectivity index (χ3v) is 1.75. The fourth-order valence-electron chi connectivity index (χ4n) is 1.06. The molecule has 1 aromatic carbocycles. The highest BCUT2D eigenvalue weighted by atomic mass is 35.5. The van der Waals surface area contributed by atoms with Gasteiger partial charge in [-0.1, -0.05) is 0 Å². The number of nitrogens with two attached hydrogens (primary N) is 1. The monoisotopic (exact) mass is 247 g/mol. The van der Waals surface area contributed by atoms with Crippen LogP contribution in [0.1, 0.15) is 0 Å². The van der Waals surface area contributed by atoms with Crippen molar-refractivity contribution >= 4 is 30.5 Å². The topological polar surface area (TPSA) is 68.8 Å². The molecule has 0 saturated heterocycles. The molecule has 1 heterocycles. The molecule has 2 rings (SSSR count). The van der Waals surface area contributed by atoms with Gasteiger partial charge in [-0.05, 0) is 24.3 Å². The lowest BCUT2D eigenvalue weighted by atomic mass is 10.3. The van der Waals surface area contributed by atoms with Crippen LogP contribution in [0.15, 0.2) is 36.9 Å². The van der Waals surface area contributed by atoms with E-state index in [1.165, 1.54) is 0 Å². The Morgan fingerprint density at radius 1 is 1.00 bits per heavy atom. The zero-order valence-corrected chi connectivity index (χ0v) is 9.33. The smallest absolute Gasteiger partial charge is 0.123 e. The van der Waals surface area contributed by atoms with Gasteiger partial charge in [-0.15, -0.1) is 35.0 Å². The van der Waals surface area contributed by atoms with Crippen LogP contribution in [0.25, 0.3) is 5.69 Å². The van der Waals surface area contributed by atoms with Crippen molar-refractivity contribution < 1.29 is 0 Å². The zero-order valence-electron chi connectivity index (χ0n) is 7.70. The minimum absolute atomic E-state index is 0. The summed E-state index contributed by atoms with van der Waals surface area (Å²) in [5, 5.41) is 7.43. The van der Waals surface area contributed by atoms with E-state index in [-0.39, 0.29) is 24.8 Å². The molecule has 0 fully saturated rings. The summed E-state index contributed by atoms with van der Waals surface area (Å²) in [7, 11) is 0. The van der Waals surface area contributed by atoms with E-state index in [1.54, 1.807) is 12.7 Å². The Hall–Kier alpha value is -1.30. The number of hydrogen-bond donors (Lipinski definition) is 2. The van der Waals surface area contributed by atoms with Gasteiger partial charge >= 0.3 is 0 Å². The Balaban J connectivity index is 0.000000980. The third-order valence-electron chi connectivity index (χ3n) is 1.75. The molecule has 0 saturated carbocycles. The van der Waals surface area contributed by atoms with E-state index in [4.69, 9.17) is 5.84 Å². The number of nitrogen functional groups attached to an aromatic ring is 1. The molecule has 0 unspecified atom stereocenters. The van der Waals surface area contributed by atoms with Gasteiger partial charge in [0.1, 0.15) is 12.7 Å². The second-order valence-electron chi connectivity index (χ2n) is 2.56. The van der Waals surface area contributed by atoms with E-state index in [0.29, 0.717) is 0 Å². The Kier molecular flexibility index (Phi) is 5.69. The van der Waals surface area contributed by atoms with Crippen LogP contribution in [0.4, 0.5) is 5.69 Å². The molecule has 0 atom stereocenters. The molecule has 0 aliphatic heterocycles. The lowest BCUT2D eigenvalue weighted by molar-refractivity contribution is 1.06. The number of aromatic nitrogens is 3. The van der Waals surface area contributed by atoms with Crippen LogP contribution in [0.3, 0.4) is 0 Å². The molecule has 0 amide bonds. The summed E-state index contributed by atoms with van der Waals surface area (Å²) in [6.07, 6.45) is 3.29. The first-order valence-electron chi connectivity index (χ1n) is 3.82. The molecule has 82 valence electrons. The molecule has 15 heavy (non-hydrogen) atoms. The number of nitrogens with one attached hydrogen (secondary N) is 1. The lowest BCUT2D eigenvalue weighted by Gasteiger charge is -2.02. The Morgan fingerprint density at radius 3 is 2.00 bits per heavy atom. The number of halogens is 2. The van der Waals surface area contributed by atoms with Gasteiger partial charge < -0.3 is 5.43 Å². The summed E-state index contributed by atoms with van der Waals surface area (Å²) >= 11 is 0. The average Bonchev–Trinajstić information content (AvgIpc) is 2.71. The minimum Gasteiger partial charge on any atom is -0.324 e. The maximum atomic E-state index is 5.24. The number of hydrazine groups is 1. The first-order valence-corrected chi connectivity index (χ1v) is 3.82. The van der Waals surface area contributed by atoms with Crippen LogP contribution in [0, 0.1) is 0 Å². The van der Waals surface area contributed by atoms with Gasteiger partial charge in [0, 0.05) is 11.4 Å². The highest BCUT2D eigenvalue weighted by Gasteiger charge is 1.94. The van der Waals surface area contributed by atoms with Crippen LogP contribution < -0.4 is 11.3 Å². The maximum absolute atomic E-state index is 5.24. The third kappa shape index (κ3) is 3.09. The van der Waals surface area contributed by atoms with Crippen molar-refractivity contribution in [3.8, 4) is 5.69 Å². The fraction of sp³-hybridized carbons (Fsp3) is 0. The summed E-state index contributed by atoms with van der Waals surface area (Å²) in [5.41, 5.74) is 4.43. The van der Waals surface area contributed by atoms with E-state index >= 15 is 0 Å². The predicted octanol–water partition coefficient (Wildman–Crippen LogP) is 1.40. The predicted molar refractivity (Wildman–Crippen MR) is 63.7 cm³/mol. The van der Waals surface area contributed by atoms with E-state index in [0.717, 1.165) is 11.4 Å². The second kappa shape index (κ2) is 6.23. The van der Waals surface area contributed by atoms with E-state index in [2.05, 4.69) is 15.6 Å². The van der Waals surface area contributed by atoms with Crippen LogP contribution in [0.2, 0.25) is 0 Å². The Labute approximate surface area is 99.5 Å². The molecular formula is C8H11Cl2N5. The van der Waals surface area contributed by atoms with Crippen molar-refractivity contribution in [1.29, 1.82) is 0 Å². The molecule has 0 radical (unpaired) electrons. The number of hydrogen-bond acceptors (Lipinski definition) is 4. The summed E-state index contributed by atoms with van der Waals surface area (Å²) in [4.78, 5) is 0. The molecule has 3 N–H and O–H groups in total. The van der Waals surface area contributed by atoms with Gasteiger partial charge in [0.15, 0.2) is 0 Å². The van der Waals surface area contributed by atoms with E-state index in [9.17, 15) is 0 Å². The molecule has 1 aromatic heterocycles. The van der Waals surface area contributed by atoms with Crippen molar-refractivity contribution in [2.45, 2.75) is 0 Å². The summed E-state index contributed by atoms with van der Waals surface area (Å²) < 4.78 is 1.82. The highest BCUT2D eigenvalue weighted by Crippen LogP contribution is 2.10. The largest absolute Gasteiger partial charge is 0.324 e. The first kappa shape index (κ1) is 13.7. The molecule has 0 aliphatic carbocycles. The second-order valence-corrected chi connectivity index (χ2v) is 2.56. The molecule has 0 bridgehead atoms. The molecule has 5 nitrogen and oxygen atoms in total. The van der Waals surface area contributed by atoms with Crippen LogP contribution in [-0.2, 0) is 0 Å². The number of anilines is 1. The van der Waals surface area contributed by atoms with Gasteiger partial charge in [0.05, 0.1) is 0 Å². The van der Waals surface area contributed by atoms with Crippen molar-refractivity contribution in [3.63, 3.8) is 0 Å². The van der Waals surface area contributed by atoms with Crippen molar-refractivity contribution in [3.05, 3.63) is 36.9 Å². The molecule has 0 spiro atoms. The minimum atomic E-state index is 0. The highest BCUT2D eigenvalue weighted by molar-refractivity contribution is 5.85.